The molecule has 0 unspecified atom stereocenters. The van der Waals surface area contributed by atoms with Gasteiger partial charge in [0.2, 0.25) is 5.82 Å². The van der Waals surface area contributed by atoms with Gasteiger partial charge in [-0.1, -0.05) is 23.7 Å². The van der Waals surface area contributed by atoms with Gasteiger partial charge < -0.3 is 14.8 Å². The van der Waals surface area contributed by atoms with Gasteiger partial charge in [-0.25, -0.2) is 9.67 Å². The molecule has 0 atom stereocenters. The number of hydrogen-bond donors (Lipinski definition) is 1. The Balaban J connectivity index is 1.66. The molecule has 1 amide bonds. The number of rotatable bonds is 7. The lowest BCUT2D eigenvalue weighted by Gasteiger charge is -2.15. The van der Waals surface area contributed by atoms with E-state index in [1.165, 1.54) is 0 Å². The fourth-order valence-electron chi connectivity index (χ4n) is 3.10. The van der Waals surface area contributed by atoms with E-state index in [4.69, 9.17) is 21.1 Å². The molecule has 3 aromatic rings. The highest BCUT2D eigenvalue weighted by molar-refractivity contribution is 6.32. The highest BCUT2D eigenvalue weighted by Crippen LogP contribution is 2.40. The molecule has 0 radical (unpaired) electrons. The maximum Gasteiger partial charge on any atom is 0.295 e. The molecule has 1 heterocycles. The maximum atomic E-state index is 13.0. The molecule has 1 aliphatic rings. The van der Waals surface area contributed by atoms with Crippen LogP contribution in [0.15, 0.2) is 42.5 Å². The molecule has 1 aromatic heterocycles. The van der Waals surface area contributed by atoms with Crippen molar-refractivity contribution >= 4 is 23.2 Å². The van der Waals surface area contributed by atoms with Crippen LogP contribution in [0.3, 0.4) is 0 Å². The van der Waals surface area contributed by atoms with E-state index in [0.29, 0.717) is 27.9 Å². The minimum atomic E-state index is -0.426. The number of anilines is 1. The number of carbonyl (C=O) groups excluding carboxylic acids is 1. The van der Waals surface area contributed by atoms with Gasteiger partial charge in [-0.2, -0.15) is 0 Å². The summed E-state index contributed by atoms with van der Waals surface area (Å²) in [5.41, 5.74) is 1.20. The van der Waals surface area contributed by atoms with Crippen molar-refractivity contribution in [3.63, 3.8) is 0 Å². The van der Waals surface area contributed by atoms with Crippen molar-refractivity contribution in [2.24, 2.45) is 0 Å². The number of nitrogens with one attached hydrogen (secondary N) is 1. The molecule has 2 aromatic carbocycles. The van der Waals surface area contributed by atoms with Crippen LogP contribution >= 0.6 is 11.6 Å². The fourth-order valence-corrected chi connectivity index (χ4v) is 3.31. The van der Waals surface area contributed by atoms with E-state index < -0.39 is 5.91 Å². The SMILES string of the molecule is COc1ccc(OC(C)C)c(NC(=O)c2nc(C3CC3)n(-c3ccccc3Cl)n2)c1. The first-order valence-corrected chi connectivity index (χ1v) is 10.2. The third-order valence-corrected chi connectivity index (χ3v) is 4.98. The molecule has 1 aliphatic carbocycles. The third kappa shape index (κ3) is 4.26. The number of carbonyl (C=O) groups is 1. The van der Waals surface area contributed by atoms with Crippen molar-refractivity contribution in [3.8, 4) is 17.2 Å². The molecule has 1 saturated carbocycles. The lowest BCUT2D eigenvalue weighted by molar-refractivity contribution is 0.101. The molecule has 0 bridgehead atoms. The van der Waals surface area contributed by atoms with Crippen LogP contribution in [0.5, 0.6) is 11.5 Å². The summed E-state index contributed by atoms with van der Waals surface area (Å²) in [6.45, 7) is 3.84. The summed E-state index contributed by atoms with van der Waals surface area (Å²) in [6.07, 6.45) is 1.99. The normalized spacial score (nSPS) is 13.4. The third-order valence-electron chi connectivity index (χ3n) is 4.66. The Hall–Kier alpha value is -3.06. The number of para-hydroxylation sites is 1. The number of methoxy groups -OCH3 is 1. The largest absolute Gasteiger partial charge is 0.497 e. The molecular weight excluding hydrogens is 404 g/mol. The number of ether oxygens (including phenoxy) is 2. The zero-order chi connectivity index (χ0) is 21.3. The minimum absolute atomic E-state index is 0.0481. The summed E-state index contributed by atoms with van der Waals surface area (Å²) in [5, 5.41) is 7.88. The molecule has 0 aliphatic heterocycles. The number of hydrogen-bond acceptors (Lipinski definition) is 5. The monoisotopic (exact) mass is 426 g/mol. The Morgan fingerprint density at radius 2 is 2.00 bits per heavy atom. The van der Waals surface area contributed by atoms with Gasteiger partial charge in [0.15, 0.2) is 0 Å². The molecule has 7 nitrogen and oxygen atoms in total. The van der Waals surface area contributed by atoms with Crippen molar-refractivity contribution in [1.82, 2.24) is 14.8 Å². The highest BCUT2D eigenvalue weighted by atomic mass is 35.5. The van der Waals surface area contributed by atoms with Crippen LogP contribution in [0.25, 0.3) is 5.69 Å². The number of nitrogens with zero attached hydrogens (tertiary/aromatic N) is 3. The quantitative estimate of drug-likeness (QED) is 0.584. The van der Waals surface area contributed by atoms with Crippen LogP contribution in [0, 0.1) is 0 Å². The molecular formula is C22H23ClN4O3. The van der Waals surface area contributed by atoms with Gasteiger partial charge in [0.1, 0.15) is 17.3 Å². The second-order valence-electron chi connectivity index (χ2n) is 7.41. The Kier molecular flexibility index (Phi) is 5.63. The fraction of sp³-hybridized carbons (Fsp3) is 0.318. The molecule has 1 N–H and O–H groups in total. The second kappa shape index (κ2) is 8.36. The van der Waals surface area contributed by atoms with Gasteiger partial charge in [-0.15, -0.1) is 5.10 Å². The smallest absolute Gasteiger partial charge is 0.295 e. The van der Waals surface area contributed by atoms with Crippen molar-refractivity contribution in [1.29, 1.82) is 0 Å². The summed E-state index contributed by atoms with van der Waals surface area (Å²) < 4.78 is 12.8. The van der Waals surface area contributed by atoms with Gasteiger partial charge in [0.25, 0.3) is 5.91 Å². The molecule has 0 saturated heterocycles. The van der Waals surface area contributed by atoms with Crippen LogP contribution in [-0.4, -0.2) is 33.9 Å². The minimum Gasteiger partial charge on any atom is -0.497 e. The lowest BCUT2D eigenvalue weighted by atomic mass is 10.2. The van der Waals surface area contributed by atoms with Crippen LogP contribution in [0.1, 0.15) is 49.1 Å². The van der Waals surface area contributed by atoms with E-state index >= 15 is 0 Å². The molecule has 8 heteroatoms. The van der Waals surface area contributed by atoms with E-state index in [1.807, 2.05) is 32.0 Å². The number of amides is 1. The zero-order valence-electron chi connectivity index (χ0n) is 17.1. The number of aromatic nitrogens is 3. The molecule has 1 fully saturated rings. The van der Waals surface area contributed by atoms with Crippen molar-refractivity contribution in [2.45, 2.75) is 38.7 Å². The van der Waals surface area contributed by atoms with Gasteiger partial charge in [-0.05, 0) is 51.0 Å². The summed E-state index contributed by atoms with van der Waals surface area (Å²) in [7, 11) is 1.57. The van der Waals surface area contributed by atoms with E-state index in [0.717, 1.165) is 18.7 Å². The Morgan fingerprint density at radius 1 is 1.23 bits per heavy atom. The van der Waals surface area contributed by atoms with Gasteiger partial charge in [0, 0.05) is 12.0 Å². The molecule has 0 spiro atoms. The Morgan fingerprint density at radius 3 is 2.67 bits per heavy atom. The van der Waals surface area contributed by atoms with E-state index in [2.05, 4.69) is 15.4 Å². The van der Waals surface area contributed by atoms with E-state index in [1.54, 1.807) is 36.1 Å². The summed E-state index contributed by atoms with van der Waals surface area (Å²) >= 11 is 6.36. The molecule has 4 rings (SSSR count). The Bertz CT molecular complexity index is 1080. The Labute approximate surface area is 180 Å². The lowest BCUT2D eigenvalue weighted by Crippen LogP contribution is -2.16. The maximum absolute atomic E-state index is 13.0. The summed E-state index contributed by atoms with van der Waals surface area (Å²) in [5.74, 6) is 1.84. The van der Waals surface area contributed by atoms with Crippen LogP contribution in [-0.2, 0) is 0 Å². The average molecular weight is 427 g/mol. The first-order chi connectivity index (χ1) is 14.5. The average Bonchev–Trinajstić information content (AvgIpc) is 3.47. The van der Waals surface area contributed by atoms with Crippen LogP contribution in [0.2, 0.25) is 5.02 Å². The van der Waals surface area contributed by atoms with Crippen molar-refractivity contribution < 1.29 is 14.3 Å². The van der Waals surface area contributed by atoms with Gasteiger partial charge in [-0.3, -0.25) is 4.79 Å². The second-order valence-corrected chi connectivity index (χ2v) is 7.82. The van der Waals surface area contributed by atoms with Crippen molar-refractivity contribution in [2.75, 3.05) is 12.4 Å². The van der Waals surface area contributed by atoms with E-state index in [9.17, 15) is 4.79 Å². The summed E-state index contributed by atoms with van der Waals surface area (Å²) in [4.78, 5) is 17.5. The number of halogens is 1. The topological polar surface area (TPSA) is 78.3 Å². The molecule has 30 heavy (non-hydrogen) atoms. The zero-order valence-corrected chi connectivity index (χ0v) is 17.8. The molecule has 156 valence electrons. The first-order valence-electron chi connectivity index (χ1n) is 9.84. The van der Waals surface area contributed by atoms with Gasteiger partial charge >= 0.3 is 0 Å². The van der Waals surface area contributed by atoms with Crippen molar-refractivity contribution in [3.05, 3.63) is 59.1 Å². The standard InChI is InChI=1S/C22H23ClN4O3/c1-13(2)30-19-11-10-15(29-3)12-17(19)24-22(28)20-25-21(14-8-9-14)27(26-20)18-7-5-4-6-16(18)23/h4-7,10-14H,8-9H2,1-3H3,(H,24,28). The van der Waals surface area contributed by atoms with Crippen LogP contribution in [0.4, 0.5) is 5.69 Å². The first kappa shape index (κ1) is 20.2. The number of benzene rings is 2. The summed E-state index contributed by atoms with van der Waals surface area (Å²) in [6, 6.07) is 12.6. The van der Waals surface area contributed by atoms with E-state index in [-0.39, 0.29) is 17.8 Å². The predicted molar refractivity (Wildman–Crippen MR) is 115 cm³/mol. The van der Waals surface area contributed by atoms with Crippen LogP contribution < -0.4 is 14.8 Å². The predicted octanol–water partition coefficient (Wildman–Crippen LogP) is 4.85. The highest BCUT2D eigenvalue weighted by Gasteiger charge is 2.32. The van der Waals surface area contributed by atoms with Gasteiger partial charge in [0.05, 0.1) is 29.6 Å².